The monoisotopic (exact) mass is 337 g/mol. The molecule has 0 amide bonds. The van der Waals surface area contributed by atoms with Crippen molar-refractivity contribution < 1.29 is 5.11 Å². The summed E-state index contributed by atoms with van der Waals surface area (Å²) < 4.78 is 0.802. The van der Waals surface area contributed by atoms with Crippen molar-refractivity contribution in [2.45, 2.75) is 51.5 Å². The predicted molar refractivity (Wildman–Crippen MR) is 85.8 cm³/mol. The lowest BCUT2D eigenvalue weighted by Crippen LogP contribution is -2.40. The van der Waals surface area contributed by atoms with E-state index in [1.807, 2.05) is 12.1 Å². The van der Waals surface area contributed by atoms with Crippen molar-refractivity contribution >= 4 is 15.9 Å². The number of halogens is 1. The molecule has 1 aromatic carbocycles. The first-order valence-corrected chi connectivity index (χ1v) is 8.66. The number of rotatable bonds is 2. The Bertz CT molecular complexity index is 458. The lowest BCUT2D eigenvalue weighted by atomic mass is 9.68. The quantitative estimate of drug-likeness (QED) is 0.845. The van der Waals surface area contributed by atoms with Gasteiger partial charge in [0.2, 0.25) is 0 Å². The van der Waals surface area contributed by atoms with Gasteiger partial charge in [-0.05, 0) is 77.8 Å². The molecule has 3 heteroatoms. The van der Waals surface area contributed by atoms with Gasteiger partial charge in [-0.15, -0.1) is 0 Å². The topological polar surface area (TPSA) is 23.5 Å². The van der Waals surface area contributed by atoms with Gasteiger partial charge in [-0.1, -0.05) is 25.3 Å². The first-order chi connectivity index (χ1) is 9.67. The van der Waals surface area contributed by atoms with Gasteiger partial charge >= 0.3 is 0 Å². The van der Waals surface area contributed by atoms with Crippen molar-refractivity contribution in [3.05, 3.63) is 28.2 Å². The maximum Gasteiger partial charge on any atom is 0.129 e. The molecule has 0 unspecified atom stereocenters. The van der Waals surface area contributed by atoms with Crippen LogP contribution >= 0.6 is 15.9 Å². The van der Waals surface area contributed by atoms with Gasteiger partial charge in [0.05, 0.1) is 4.47 Å². The molecule has 0 atom stereocenters. The largest absolute Gasteiger partial charge is 0.507 e. The zero-order valence-electron chi connectivity index (χ0n) is 12.1. The first-order valence-electron chi connectivity index (χ1n) is 7.87. The number of phenols is 1. The molecule has 1 N–H and O–H groups in total. The van der Waals surface area contributed by atoms with Crippen LogP contribution in [-0.4, -0.2) is 23.1 Å². The van der Waals surface area contributed by atoms with Crippen LogP contribution in [0.2, 0.25) is 0 Å². The SMILES string of the molecule is Oc1ccc(CN2CCC3(CCCCC3)CC2)cc1Br. The third-order valence-corrected chi connectivity index (χ3v) is 5.88. The van der Waals surface area contributed by atoms with Crippen LogP contribution in [0, 0.1) is 5.41 Å². The molecule has 0 bridgehead atoms. The molecule has 20 heavy (non-hydrogen) atoms. The lowest BCUT2D eigenvalue weighted by molar-refractivity contribution is 0.0641. The van der Waals surface area contributed by atoms with E-state index in [0.29, 0.717) is 11.2 Å². The summed E-state index contributed by atoms with van der Waals surface area (Å²) in [6, 6.07) is 5.86. The van der Waals surface area contributed by atoms with E-state index in [2.05, 4.69) is 20.8 Å². The van der Waals surface area contributed by atoms with Gasteiger partial charge in [-0.25, -0.2) is 0 Å². The molecule has 1 saturated heterocycles. The Morgan fingerprint density at radius 3 is 2.40 bits per heavy atom. The van der Waals surface area contributed by atoms with Crippen molar-refractivity contribution in [1.29, 1.82) is 0 Å². The summed E-state index contributed by atoms with van der Waals surface area (Å²) in [7, 11) is 0. The van der Waals surface area contributed by atoms with Crippen LogP contribution in [0.4, 0.5) is 0 Å². The molecule has 2 aliphatic rings. The Labute approximate surface area is 130 Å². The highest BCUT2D eigenvalue weighted by Gasteiger charge is 2.35. The molecule has 1 saturated carbocycles. The Morgan fingerprint density at radius 1 is 1.05 bits per heavy atom. The van der Waals surface area contributed by atoms with Crippen LogP contribution in [0.15, 0.2) is 22.7 Å². The van der Waals surface area contributed by atoms with E-state index in [1.165, 1.54) is 63.6 Å². The van der Waals surface area contributed by atoms with Crippen LogP contribution in [-0.2, 0) is 6.54 Å². The molecule has 1 aliphatic carbocycles. The summed E-state index contributed by atoms with van der Waals surface area (Å²) >= 11 is 3.40. The second-order valence-electron chi connectivity index (χ2n) is 6.62. The average molecular weight is 338 g/mol. The molecular weight excluding hydrogens is 314 g/mol. The zero-order valence-corrected chi connectivity index (χ0v) is 13.7. The third kappa shape index (κ3) is 3.20. The predicted octanol–water partition coefficient (Wildman–Crippen LogP) is 4.70. The molecular formula is C17H24BrNO. The van der Waals surface area contributed by atoms with Gasteiger partial charge in [-0.3, -0.25) is 4.90 Å². The smallest absolute Gasteiger partial charge is 0.129 e. The van der Waals surface area contributed by atoms with E-state index >= 15 is 0 Å². The van der Waals surface area contributed by atoms with Crippen LogP contribution in [0.1, 0.15) is 50.5 Å². The molecule has 1 aliphatic heterocycles. The van der Waals surface area contributed by atoms with E-state index in [1.54, 1.807) is 6.07 Å². The molecule has 110 valence electrons. The summed E-state index contributed by atoms with van der Waals surface area (Å²) in [5, 5.41) is 9.56. The minimum Gasteiger partial charge on any atom is -0.507 e. The average Bonchev–Trinajstić information content (AvgIpc) is 2.47. The van der Waals surface area contributed by atoms with E-state index in [-0.39, 0.29) is 0 Å². The van der Waals surface area contributed by atoms with Crippen LogP contribution < -0.4 is 0 Å². The number of aromatic hydroxyl groups is 1. The third-order valence-electron chi connectivity index (χ3n) is 5.25. The number of likely N-dealkylation sites (tertiary alicyclic amines) is 1. The fourth-order valence-electron chi connectivity index (χ4n) is 3.89. The molecule has 1 aromatic rings. The highest BCUT2D eigenvalue weighted by molar-refractivity contribution is 9.10. The first kappa shape index (κ1) is 14.4. The van der Waals surface area contributed by atoms with Gasteiger partial charge in [0.15, 0.2) is 0 Å². The zero-order chi connectivity index (χ0) is 14.0. The number of nitrogens with zero attached hydrogens (tertiary/aromatic N) is 1. The van der Waals surface area contributed by atoms with E-state index < -0.39 is 0 Å². The summed E-state index contributed by atoms with van der Waals surface area (Å²) in [5.41, 5.74) is 1.97. The summed E-state index contributed by atoms with van der Waals surface area (Å²) in [5.74, 6) is 0.327. The van der Waals surface area contributed by atoms with E-state index in [0.717, 1.165) is 11.0 Å². The molecule has 0 aromatic heterocycles. The Hall–Kier alpha value is -0.540. The maximum atomic E-state index is 9.56. The lowest BCUT2D eigenvalue weighted by Gasteiger charge is -2.44. The molecule has 2 nitrogen and oxygen atoms in total. The molecule has 1 spiro atoms. The number of hydrogen-bond donors (Lipinski definition) is 1. The van der Waals surface area contributed by atoms with Gasteiger partial charge < -0.3 is 5.11 Å². The van der Waals surface area contributed by atoms with Crippen molar-refractivity contribution in [3.63, 3.8) is 0 Å². The normalized spacial score (nSPS) is 23.1. The fraction of sp³-hybridized carbons (Fsp3) is 0.647. The Morgan fingerprint density at radius 2 is 1.75 bits per heavy atom. The Kier molecular flexibility index (Phi) is 4.37. The standard InChI is InChI=1S/C17H24BrNO/c18-15-12-14(4-5-16(15)20)13-19-10-8-17(9-11-19)6-2-1-3-7-17/h4-5,12,20H,1-3,6-11,13H2. The van der Waals surface area contributed by atoms with Gasteiger partial charge in [0.25, 0.3) is 0 Å². The molecule has 2 fully saturated rings. The second kappa shape index (κ2) is 6.07. The van der Waals surface area contributed by atoms with Crippen LogP contribution in [0.5, 0.6) is 5.75 Å². The number of benzene rings is 1. The van der Waals surface area contributed by atoms with Gasteiger partial charge in [-0.2, -0.15) is 0 Å². The van der Waals surface area contributed by atoms with E-state index in [9.17, 15) is 5.11 Å². The molecule has 1 heterocycles. The minimum absolute atomic E-state index is 0.327. The van der Waals surface area contributed by atoms with Crippen molar-refractivity contribution in [2.75, 3.05) is 13.1 Å². The number of piperidine rings is 1. The van der Waals surface area contributed by atoms with Crippen LogP contribution in [0.3, 0.4) is 0 Å². The van der Waals surface area contributed by atoms with Crippen molar-refractivity contribution in [3.8, 4) is 5.75 Å². The second-order valence-corrected chi connectivity index (χ2v) is 7.48. The fourth-order valence-corrected chi connectivity index (χ4v) is 4.32. The maximum absolute atomic E-state index is 9.56. The van der Waals surface area contributed by atoms with Crippen molar-refractivity contribution in [1.82, 2.24) is 4.90 Å². The number of phenolic OH excluding ortho intramolecular Hbond substituents is 1. The van der Waals surface area contributed by atoms with Gasteiger partial charge in [0.1, 0.15) is 5.75 Å². The molecule has 0 radical (unpaired) electrons. The Balaban J connectivity index is 1.56. The molecule has 3 rings (SSSR count). The van der Waals surface area contributed by atoms with E-state index in [4.69, 9.17) is 0 Å². The van der Waals surface area contributed by atoms with Gasteiger partial charge in [0, 0.05) is 6.54 Å². The van der Waals surface area contributed by atoms with Crippen LogP contribution in [0.25, 0.3) is 0 Å². The summed E-state index contributed by atoms with van der Waals surface area (Å²) in [4.78, 5) is 2.57. The summed E-state index contributed by atoms with van der Waals surface area (Å²) in [6.07, 6.45) is 10.0. The highest BCUT2D eigenvalue weighted by Crippen LogP contribution is 2.44. The number of hydrogen-bond acceptors (Lipinski definition) is 2. The minimum atomic E-state index is 0.327. The van der Waals surface area contributed by atoms with Crippen molar-refractivity contribution in [2.24, 2.45) is 5.41 Å². The summed E-state index contributed by atoms with van der Waals surface area (Å²) in [6.45, 7) is 3.48. The highest BCUT2D eigenvalue weighted by atomic mass is 79.9.